The number of hydrogen-bond acceptors (Lipinski definition) is 3. The molecule has 3 aliphatic rings. The van der Waals surface area contributed by atoms with E-state index in [9.17, 15) is 4.79 Å². The van der Waals surface area contributed by atoms with Crippen LogP contribution >= 0.6 is 22.6 Å². The molecule has 2 aliphatic heterocycles. The van der Waals surface area contributed by atoms with Crippen molar-refractivity contribution in [2.45, 2.75) is 37.8 Å². The topological polar surface area (TPSA) is 29.5 Å². The van der Waals surface area contributed by atoms with Crippen LogP contribution in [-0.4, -0.2) is 37.1 Å². The van der Waals surface area contributed by atoms with Crippen LogP contribution in [0.1, 0.15) is 25.7 Å². The van der Waals surface area contributed by atoms with E-state index >= 15 is 0 Å². The summed E-state index contributed by atoms with van der Waals surface area (Å²) in [6.45, 7) is 0. The van der Waals surface area contributed by atoms with Gasteiger partial charge in [-0.15, -0.1) is 0 Å². The van der Waals surface area contributed by atoms with Crippen molar-refractivity contribution >= 4 is 28.6 Å². The fourth-order valence-corrected chi connectivity index (χ4v) is 4.80. The number of esters is 1. The highest BCUT2D eigenvalue weighted by Crippen LogP contribution is 2.46. The maximum atomic E-state index is 12.3. The van der Waals surface area contributed by atoms with Crippen molar-refractivity contribution in [2.24, 2.45) is 17.8 Å². The summed E-state index contributed by atoms with van der Waals surface area (Å²) in [5, 5.41) is 0. The minimum atomic E-state index is -0.00940. The molecule has 3 rings (SSSR count). The Labute approximate surface area is 134 Å². The molecule has 0 spiro atoms. The number of ether oxygens (including phenoxy) is 1. The van der Waals surface area contributed by atoms with Crippen molar-refractivity contribution in [3.05, 3.63) is 21.8 Å². The molecule has 0 N–H and O–H groups in total. The van der Waals surface area contributed by atoms with E-state index in [0.29, 0.717) is 23.9 Å². The number of hydrogen-bond donors (Lipinski definition) is 0. The lowest BCUT2D eigenvalue weighted by molar-refractivity contribution is -0.153. The fraction of sp³-hybridized carbons (Fsp3) is 0.688. The van der Waals surface area contributed by atoms with E-state index in [4.69, 9.17) is 4.74 Å². The second-order valence-corrected chi connectivity index (χ2v) is 7.51. The molecule has 110 valence electrons. The lowest BCUT2D eigenvalue weighted by Crippen LogP contribution is -2.51. The lowest BCUT2D eigenvalue weighted by Gasteiger charge is -2.44. The average Bonchev–Trinajstić information content (AvgIpc) is 2.70. The van der Waals surface area contributed by atoms with Gasteiger partial charge in [0.1, 0.15) is 0 Å². The van der Waals surface area contributed by atoms with Crippen molar-refractivity contribution in [1.29, 1.82) is 0 Å². The highest BCUT2D eigenvalue weighted by atomic mass is 127. The quantitative estimate of drug-likeness (QED) is 0.539. The van der Waals surface area contributed by atoms with E-state index in [1.54, 1.807) is 0 Å². The van der Waals surface area contributed by atoms with E-state index in [1.807, 2.05) is 0 Å². The summed E-state index contributed by atoms with van der Waals surface area (Å²) in [5.74, 6) is 0.968. The van der Waals surface area contributed by atoms with Crippen molar-refractivity contribution < 1.29 is 9.53 Å². The van der Waals surface area contributed by atoms with Gasteiger partial charge in [0, 0.05) is 15.7 Å². The zero-order valence-electron chi connectivity index (χ0n) is 12.1. The van der Waals surface area contributed by atoms with Crippen LogP contribution in [0.15, 0.2) is 21.8 Å². The molecule has 0 aromatic carbocycles. The third-order valence-electron chi connectivity index (χ3n) is 5.43. The monoisotopic (exact) mass is 387 g/mol. The Morgan fingerprint density at radius 1 is 1.45 bits per heavy atom. The first-order valence-corrected chi connectivity index (χ1v) is 8.53. The van der Waals surface area contributed by atoms with Crippen LogP contribution in [-0.2, 0) is 9.53 Å². The minimum Gasteiger partial charge on any atom is -0.469 e. The predicted octanol–water partition coefficient (Wildman–Crippen LogP) is 3.15. The van der Waals surface area contributed by atoms with E-state index in [2.05, 4.69) is 52.8 Å². The zero-order valence-corrected chi connectivity index (χ0v) is 14.2. The van der Waals surface area contributed by atoms with Gasteiger partial charge in [-0.2, -0.15) is 0 Å². The number of carbonyl (C=O) groups is 1. The van der Waals surface area contributed by atoms with Crippen molar-refractivity contribution in [1.82, 2.24) is 4.90 Å². The van der Waals surface area contributed by atoms with E-state index in [-0.39, 0.29) is 11.9 Å². The average molecular weight is 387 g/mol. The van der Waals surface area contributed by atoms with Gasteiger partial charge < -0.3 is 4.74 Å². The summed E-state index contributed by atoms with van der Waals surface area (Å²) in [6.07, 6.45) is 11.4. The number of methoxy groups -OCH3 is 1. The van der Waals surface area contributed by atoms with Gasteiger partial charge in [0.25, 0.3) is 0 Å². The third-order valence-corrected chi connectivity index (χ3v) is 6.23. The first-order chi connectivity index (χ1) is 9.61. The highest BCUT2D eigenvalue weighted by molar-refractivity contribution is 14.1. The van der Waals surface area contributed by atoms with Gasteiger partial charge >= 0.3 is 5.97 Å². The SMILES string of the molecule is COC(=O)C1C2CC[C@H](C[C@@H]1C1C=CC(I)=CC1)N2C. The smallest absolute Gasteiger partial charge is 0.310 e. The Bertz CT molecular complexity index is 459. The maximum Gasteiger partial charge on any atom is 0.310 e. The standard InChI is InChI=1S/C16H22INO2/c1-18-12-7-8-14(18)15(16(19)20-2)13(9-12)10-3-5-11(17)6-4-10/h3,5-6,10,12-15H,4,7-9H2,1-2H3/t10?,12-,13-,14?,15?/m1/s1. The lowest BCUT2D eigenvalue weighted by atomic mass is 9.71. The zero-order chi connectivity index (χ0) is 14.3. The van der Waals surface area contributed by atoms with Crippen molar-refractivity contribution in [3.63, 3.8) is 0 Å². The Morgan fingerprint density at radius 3 is 2.90 bits per heavy atom. The fourth-order valence-electron chi connectivity index (χ4n) is 4.34. The molecule has 3 unspecified atom stereocenters. The Morgan fingerprint density at radius 2 is 2.25 bits per heavy atom. The first kappa shape index (κ1) is 14.6. The number of carbonyl (C=O) groups excluding carboxylic acids is 1. The highest BCUT2D eigenvalue weighted by Gasteiger charge is 2.50. The molecular formula is C16H22INO2. The third kappa shape index (κ3) is 2.45. The molecule has 3 nitrogen and oxygen atoms in total. The van der Waals surface area contributed by atoms with Crippen LogP contribution in [0, 0.1) is 17.8 Å². The molecule has 0 amide bonds. The summed E-state index contributed by atoms with van der Waals surface area (Å²) < 4.78 is 6.43. The molecule has 2 saturated heterocycles. The Hall–Kier alpha value is -0.360. The van der Waals surface area contributed by atoms with Crippen LogP contribution in [0.4, 0.5) is 0 Å². The van der Waals surface area contributed by atoms with Gasteiger partial charge in [0.15, 0.2) is 0 Å². The molecule has 2 heterocycles. The largest absolute Gasteiger partial charge is 0.469 e. The molecule has 4 heteroatoms. The van der Waals surface area contributed by atoms with Gasteiger partial charge in [-0.1, -0.05) is 18.2 Å². The van der Waals surface area contributed by atoms with Gasteiger partial charge in [0.05, 0.1) is 13.0 Å². The Kier molecular flexibility index (Phi) is 4.22. The first-order valence-electron chi connectivity index (χ1n) is 7.45. The van der Waals surface area contributed by atoms with Gasteiger partial charge in [0.2, 0.25) is 0 Å². The predicted molar refractivity (Wildman–Crippen MR) is 87.5 cm³/mol. The van der Waals surface area contributed by atoms with Gasteiger partial charge in [-0.3, -0.25) is 9.69 Å². The second kappa shape index (κ2) is 5.79. The van der Waals surface area contributed by atoms with Crippen LogP contribution in [0.5, 0.6) is 0 Å². The minimum absolute atomic E-state index is 0.00940. The number of piperidine rings is 1. The number of fused-ring (bicyclic) bond motifs is 2. The van der Waals surface area contributed by atoms with Gasteiger partial charge in [-0.25, -0.2) is 0 Å². The molecule has 0 aromatic rings. The normalized spacial score (nSPS) is 40.5. The van der Waals surface area contributed by atoms with Crippen LogP contribution in [0.2, 0.25) is 0 Å². The van der Waals surface area contributed by atoms with Crippen molar-refractivity contribution in [3.8, 4) is 0 Å². The number of allylic oxidation sites excluding steroid dienone is 4. The summed E-state index contributed by atoms with van der Waals surface area (Å²) in [5.41, 5.74) is 0. The van der Waals surface area contributed by atoms with E-state index < -0.39 is 0 Å². The maximum absolute atomic E-state index is 12.3. The number of rotatable bonds is 2. The van der Waals surface area contributed by atoms with Crippen LogP contribution in [0.25, 0.3) is 0 Å². The summed E-state index contributed by atoms with van der Waals surface area (Å²) >= 11 is 2.36. The van der Waals surface area contributed by atoms with E-state index in [1.165, 1.54) is 17.1 Å². The van der Waals surface area contributed by atoms with Crippen LogP contribution < -0.4 is 0 Å². The summed E-state index contributed by atoms with van der Waals surface area (Å²) in [4.78, 5) is 14.7. The van der Waals surface area contributed by atoms with E-state index in [0.717, 1.165) is 19.3 Å². The second-order valence-electron chi connectivity index (χ2n) is 6.26. The molecule has 0 aromatic heterocycles. The molecule has 0 saturated carbocycles. The number of halogens is 1. The van der Waals surface area contributed by atoms with Gasteiger partial charge in [-0.05, 0) is 67.2 Å². The summed E-state index contributed by atoms with van der Waals surface area (Å²) in [6, 6.07) is 1.04. The molecule has 2 fully saturated rings. The molecule has 5 atom stereocenters. The van der Waals surface area contributed by atoms with Crippen molar-refractivity contribution in [2.75, 3.05) is 14.2 Å². The molecular weight excluding hydrogens is 365 g/mol. The number of nitrogens with zero attached hydrogens (tertiary/aromatic N) is 1. The molecule has 0 radical (unpaired) electrons. The molecule has 20 heavy (non-hydrogen) atoms. The van der Waals surface area contributed by atoms with Crippen LogP contribution in [0.3, 0.4) is 0 Å². The molecule has 1 aliphatic carbocycles. The summed E-state index contributed by atoms with van der Waals surface area (Å²) in [7, 11) is 3.70. The molecule has 2 bridgehead atoms. The Balaban J connectivity index is 1.85.